The Balaban J connectivity index is 2.30. The fourth-order valence-corrected chi connectivity index (χ4v) is 2.83. The van der Waals surface area contributed by atoms with Gasteiger partial charge in [0.2, 0.25) is 0 Å². The molecule has 4 nitrogen and oxygen atoms in total. The first-order valence-corrected chi connectivity index (χ1v) is 6.63. The Morgan fingerprint density at radius 3 is 2.83 bits per heavy atom. The zero-order valence-electron chi connectivity index (χ0n) is 10.4. The maximum absolute atomic E-state index is 11.0. The normalized spacial score (nSPS) is 23.1. The van der Waals surface area contributed by atoms with E-state index in [1.165, 1.54) is 0 Å². The first-order valence-electron chi connectivity index (χ1n) is 5.83. The summed E-state index contributed by atoms with van der Waals surface area (Å²) in [6.45, 7) is 2.51. The highest BCUT2D eigenvalue weighted by Crippen LogP contribution is 2.39. The third-order valence-corrected chi connectivity index (χ3v) is 4.37. The molecule has 18 heavy (non-hydrogen) atoms. The fraction of sp³-hybridized carbons (Fsp3) is 0.462. The van der Waals surface area contributed by atoms with E-state index in [9.17, 15) is 4.79 Å². The van der Waals surface area contributed by atoms with Gasteiger partial charge >= 0.3 is 5.97 Å². The number of nitrogens with one attached hydrogen (secondary N) is 1. The zero-order chi connectivity index (χ0) is 13.3. The van der Waals surface area contributed by atoms with Crippen LogP contribution in [0.1, 0.15) is 23.6 Å². The average molecular weight is 314 g/mol. The van der Waals surface area contributed by atoms with E-state index >= 15 is 0 Å². The maximum atomic E-state index is 11.0. The smallest absolute Gasteiger partial charge is 0.307 e. The van der Waals surface area contributed by atoms with Crippen molar-refractivity contribution < 1.29 is 14.6 Å². The van der Waals surface area contributed by atoms with Gasteiger partial charge in [-0.25, -0.2) is 0 Å². The lowest BCUT2D eigenvalue weighted by atomic mass is 9.98. The molecule has 0 aliphatic carbocycles. The van der Waals surface area contributed by atoms with Gasteiger partial charge in [-0.2, -0.15) is 0 Å². The minimum Gasteiger partial charge on any atom is -0.495 e. The summed E-state index contributed by atoms with van der Waals surface area (Å²) in [5.74, 6) is -0.270. The highest BCUT2D eigenvalue weighted by atomic mass is 79.9. The summed E-state index contributed by atoms with van der Waals surface area (Å²) in [6.07, 6.45) is 0.598. The van der Waals surface area contributed by atoms with Crippen LogP contribution in [0.4, 0.5) is 0 Å². The predicted molar refractivity (Wildman–Crippen MR) is 71.9 cm³/mol. The van der Waals surface area contributed by atoms with E-state index in [2.05, 4.69) is 21.2 Å². The number of carboxylic acid groups (broad SMARTS) is 1. The third kappa shape index (κ3) is 2.37. The fourth-order valence-electron chi connectivity index (χ4n) is 2.31. The van der Waals surface area contributed by atoms with Crippen molar-refractivity contribution in [3.05, 3.63) is 27.7 Å². The molecule has 5 heteroatoms. The average Bonchev–Trinajstić information content (AvgIpc) is 2.82. The van der Waals surface area contributed by atoms with Crippen molar-refractivity contribution in [1.29, 1.82) is 0 Å². The summed E-state index contributed by atoms with van der Waals surface area (Å²) >= 11 is 3.51. The summed E-state index contributed by atoms with van der Waals surface area (Å²) in [6, 6.07) is 4.05. The van der Waals surface area contributed by atoms with Crippen LogP contribution in [0.3, 0.4) is 0 Å². The molecule has 0 aromatic heterocycles. The lowest BCUT2D eigenvalue weighted by Crippen LogP contribution is -2.17. The Morgan fingerprint density at radius 1 is 1.56 bits per heavy atom. The number of ether oxygens (including phenoxy) is 1. The molecule has 0 amide bonds. The van der Waals surface area contributed by atoms with Crippen molar-refractivity contribution in [2.45, 2.75) is 19.4 Å². The van der Waals surface area contributed by atoms with Gasteiger partial charge in [0.15, 0.2) is 0 Å². The van der Waals surface area contributed by atoms with Crippen molar-refractivity contribution >= 4 is 21.9 Å². The second-order valence-corrected chi connectivity index (χ2v) is 5.34. The van der Waals surface area contributed by atoms with Crippen LogP contribution in [0.5, 0.6) is 5.75 Å². The Hall–Kier alpha value is -1.07. The molecule has 1 aliphatic heterocycles. The number of carboxylic acids is 1. The molecule has 1 saturated heterocycles. The highest BCUT2D eigenvalue weighted by molar-refractivity contribution is 9.10. The number of methoxy groups -OCH3 is 1. The van der Waals surface area contributed by atoms with Crippen LogP contribution in [0, 0.1) is 12.8 Å². The number of aryl methyl sites for hydroxylation is 1. The van der Waals surface area contributed by atoms with Crippen molar-refractivity contribution in [2.75, 3.05) is 13.7 Å². The molecule has 0 spiro atoms. The van der Waals surface area contributed by atoms with Crippen LogP contribution in [0.15, 0.2) is 16.6 Å². The molecule has 2 N–H and O–H groups in total. The number of rotatable bonds is 3. The highest BCUT2D eigenvalue weighted by Gasteiger charge is 2.32. The van der Waals surface area contributed by atoms with Gasteiger partial charge in [-0.15, -0.1) is 0 Å². The molecule has 0 saturated carbocycles. The van der Waals surface area contributed by atoms with Gasteiger partial charge in [0.05, 0.1) is 17.5 Å². The number of halogens is 1. The van der Waals surface area contributed by atoms with Gasteiger partial charge in [0.1, 0.15) is 5.75 Å². The second-order valence-electron chi connectivity index (χ2n) is 4.55. The van der Waals surface area contributed by atoms with Gasteiger partial charge in [-0.1, -0.05) is 12.1 Å². The lowest BCUT2D eigenvalue weighted by molar-refractivity contribution is -0.141. The largest absolute Gasteiger partial charge is 0.495 e. The molecule has 0 bridgehead atoms. The number of aliphatic carboxylic acids is 1. The first-order chi connectivity index (χ1) is 8.54. The molecule has 2 unspecified atom stereocenters. The molecule has 1 aromatic carbocycles. The Kier molecular flexibility index (Phi) is 3.92. The van der Waals surface area contributed by atoms with Gasteiger partial charge in [0.25, 0.3) is 0 Å². The first kappa shape index (κ1) is 13.4. The number of carbonyl (C=O) groups is 1. The molecular formula is C13H16BrNO3. The number of hydrogen-bond donors (Lipinski definition) is 2. The van der Waals surface area contributed by atoms with Crippen molar-refractivity contribution in [3.63, 3.8) is 0 Å². The minimum atomic E-state index is -0.741. The van der Waals surface area contributed by atoms with E-state index in [-0.39, 0.29) is 12.0 Å². The molecule has 0 radical (unpaired) electrons. The SMILES string of the molecule is COc1c(C2CC(C(=O)O)CN2)ccc(C)c1Br. The van der Waals surface area contributed by atoms with E-state index in [0.29, 0.717) is 13.0 Å². The molecule has 1 aromatic rings. The van der Waals surface area contributed by atoms with Crippen LogP contribution in [-0.2, 0) is 4.79 Å². The lowest BCUT2D eigenvalue weighted by Gasteiger charge is -2.17. The van der Waals surface area contributed by atoms with Crippen LogP contribution >= 0.6 is 15.9 Å². The van der Waals surface area contributed by atoms with Crippen LogP contribution < -0.4 is 10.1 Å². The van der Waals surface area contributed by atoms with E-state index in [1.807, 2.05) is 19.1 Å². The van der Waals surface area contributed by atoms with E-state index in [4.69, 9.17) is 9.84 Å². The predicted octanol–water partition coefficient (Wildman–Crippen LogP) is 2.50. The summed E-state index contributed by atoms with van der Waals surface area (Å²) in [5, 5.41) is 12.3. The molecular weight excluding hydrogens is 298 g/mol. The minimum absolute atomic E-state index is 0.0398. The van der Waals surface area contributed by atoms with Gasteiger partial charge < -0.3 is 15.2 Å². The Morgan fingerprint density at radius 2 is 2.28 bits per heavy atom. The molecule has 1 aliphatic rings. The van der Waals surface area contributed by atoms with E-state index in [1.54, 1.807) is 7.11 Å². The Labute approximate surface area is 114 Å². The standard InChI is InChI=1S/C13H16BrNO3/c1-7-3-4-9(12(18-2)11(7)14)10-5-8(6-15-10)13(16)17/h3-4,8,10,15H,5-6H2,1-2H3,(H,16,17). The van der Waals surface area contributed by atoms with E-state index in [0.717, 1.165) is 21.3 Å². The van der Waals surface area contributed by atoms with Crippen molar-refractivity contribution in [3.8, 4) is 5.75 Å². The van der Waals surface area contributed by atoms with Crippen molar-refractivity contribution in [2.24, 2.45) is 5.92 Å². The summed E-state index contributed by atoms with van der Waals surface area (Å²) in [5.41, 5.74) is 2.11. The topological polar surface area (TPSA) is 58.6 Å². The third-order valence-electron chi connectivity index (χ3n) is 3.38. The van der Waals surface area contributed by atoms with Crippen LogP contribution in [-0.4, -0.2) is 24.7 Å². The maximum Gasteiger partial charge on any atom is 0.307 e. The van der Waals surface area contributed by atoms with Crippen LogP contribution in [0.2, 0.25) is 0 Å². The van der Waals surface area contributed by atoms with Crippen LogP contribution in [0.25, 0.3) is 0 Å². The van der Waals surface area contributed by atoms with Crippen molar-refractivity contribution in [1.82, 2.24) is 5.32 Å². The van der Waals surface area contributed by atoms with Gasteiger partial charge in [-0.05, 0) is 34.8 Å². The zero-order valence-corrected chi connectivity index (χ0v) is 12.0. The summed E-state index contributed by atoms with van der Waals surface area (Å²) in [4.78, 5) is 11.0. The number of hydrogen-bond acceptors (Lipinski definition) is 3. The molecule has 2 rings (SSSR count). The van der Waals surface area contributed by atoms with Gasteiger partial charge in [0, 0.05) is 18.2 Å². The monoisotopic (exact) mass is 313 g/mol. The molecule has 2 atom stereocenters. The molecule has 98 valence electrons. The summed E-state index contributed by atoms with van der Waals surface area (Å²) < 4.78 is 6.36. The van der Waals surface area contributed by atoms with Gasteiger partial charge in [-0.3, -0.25) is 4.79 Å². The number of benzene rings is 1. The summed E-state index contributed by atoms with van der Waals surface area (Å²) in [7, 11) is 1.63. The van der Waals surface area contributed by atoms with E-state index < -0.39 is 5.97 Å². The quantitative estimate of drug-likeness (QED) is 0.900. The Bertz CT molecular complexity index is 476. The molecule has 1 fully saturated rings. The molecule has 1 heterocycles. The second kappa shape index (κ2) is 5.28.